The number of rotatable bonds is 12. The molecule has 0 fully saturated rings. The van der Waals surface area contributed by atoms with Gasteiger partial charge in [-0.15, -0.1) is 0 Å². The van der Waals surface area contributed by atoms with Gasteiger partial charge in [-0.25, -0.2) is 0 Å². The first kappa shape index (κ1) is 26.2. The number of benzene rings is 2. The minimum absolute atomic E-state index is 0.0404. The first-order valence-electron chi connectivity index (χ1n) is 11.7. The lowest BCUT2D eigenvalue weighted by atomic mass is 10.0. The molecule has 6 heteroatoms. The van der Waals surface area contributed by atoms with Crippen molar-refractivity contribution in [2.75, 3.05) is 13.7 Å². The Morgan fingerprint density at radius 3 is 2.21 bits per heavy atom. The molecule has 2 rings (SSSR count). The number of hydrogen-bond donors (Lipinski definition) is 1. The fourth-order valence-corrected chi connectivity index (χ4v) is 3.60. The van der Waals surface area contributed by atoms with Crippen LogP contribution in [0.15, 0.2) is 48.5 Å². The van der Waals surface area contributed by atoms with Crippen LogP contribution in [0.3, 0.4) is 0 Å². The number of carbonyl (C=O) groups excluding carboxylic acids is 2. The fraction of sp³-hybridized carbons (Fsp3) is 0.481. The zero-order valence-corrected chi connectivity index (χ0v) is 20.8. The van der Waals surface area contributed by atoms with Crippen molar-refractivity contribution in [2.24, 2.45) is 0 Å². The third-order valence-electron chi connectivity index (χ3n) is 5.79. The van der Waals surface area contributed by atoms with E-state index in [1.807, 2.05) is 69.3 Å². The Bertz CT molecular complexity index is 895. The number of amides is 2. The van der Waals surface area contributed by atoms with Gasteiger partial charge in [0.25, 0.3) is 5.91 Å². The van der Waals surface area contributed by atoms with Gasteiger partial charge in [-0.05, 0) is 55.0 Å². The molecule has 0 aliphatic rings. The van der Waals surface area contributed by atoms with Gasteiger partial charge in [-0.1, -0.05) is 58.0 Å². The van der Waals surface area contributed by atoms with Crippen molar-refractivity contribution < 1.29 is 19.1 Å². The molecule has 1 N–H and O–H groups in total. The summed E-state index contributed by atoms with van der Waals surface area (Å²) < 4.78 is 11.2. The first-order valence-corrected chi connectivity index (χ1v) is 11.7. The molecule has 2 atom stereocenters. The summed E-state index contributed by atoms with van der Waals surface area (Å²) in [7, 11) is 1.61. The molecule has 0 aliphatic heterocycles. The smallest absolute Gasteiger partial charge is 0.261 e. The lowest BCUT2D eigenvalue weighted by molar-refractivity contribution is -0.143. The number of nitrogens with zero attached hydrogens (tertiary/aromatic N) is 1. The predicted molar refractivity (Wildman–Crippen MR) is 132 cm³/mol. The third-order valence-corrected chi connectivity index (χ3v) is 5.79. The Morgan fingerprint density at radius 2 is 1.64 bits per heavy atom. The van der Waals surface area contributed by atoms with Gasteiger partial charge < -0.3 is 19.7 Å². The van der Waals surface area contributed by atoms with E-state index in [0.717, 1.165) is 23.3 Å². The molecule has 0 radical (unpaired) electrons. The van der Waals surface area contributed by atoms with Crippen LogP contribution in [-0.4, -0.2) is 42.5 Å². The second-order valence-electron chi connectivity index (χ2n) is 8.59. The number of para-hydroxylation sites is 1. The molecule has 2 aromatic rings. The number of methoxy groups -OCH3 is 1. The van der Waals surface area contributed by atoms with Crippen LogP contribution in [-0.2, 0) is 16.1 Å². The van der Waals surface area contributed by atoms with Crippen LogP contribution in [0.2, 0.25) is 0 Å². The van der Waals surface area contributed by atoms with Gasteiger partial charge in [0.15, 0.2) is 6.61 Å². The molecule has 0 saturated carbocycles. The van der Waals surface area contributed by atoms with Gasteiger partial charge in [-0.3, -0.25) is 9.59 Å². The summed E-state index contributed by atoms with van der Waals surface area (Å²) in [5, 5.41) is 3.02. The van der Waals surface area contributed by atoms with Crippen LogP contribution in [0.5, 0.6) is 11.5 Å². The van der Waals surface area contributed by atoms with E-state index < -0.39 is 6.04 Å². The van der Waals surface area contributed by atoms with Crippen LogP contribution in [0.4, 0.5) is 0 Å². The quantitative estimate of drug-likeness (QED) is 0.494. The van der Waals surface area contributed by atoms with E-state index in [1.54, 1.807) is 12.0 Å². The van der Waals surface area contributed by atoms with Gasteiger partial charge in [0.1, 0.15) is 17.5 Å². The molecule has 0 saturated heterocycles. The standard InChI is InChI=1S/C27H38N2O4/c1-7-20(5)28-27(31)24(8-2)29(17-21-13-15-22(32-6)16-14-21)26(30)18-33-25-12-10-9-11-23(25)19(3)4/h9-16,19-20,24H,7-8,17-18H2,1-6H3,(H,28,31)/t20-,24-/m1/s1. The van der Waals surface area contributed by atoms with Crippen LogP contribution in [0.1, 0.15) is 64.5 Å². The summed E-state index contributed by atoms with van der Waals surface area (Å²) in [5.41, 5.74) is 1.97. The second kappa shape index (κ2) is 12.9. The van der Waals surface area contributed by atoms with Gasteiger partial charge in [0, 0.05) is 12.6 Å². The molecule has 0 aromatic heterocycles. The molecule has 33 heavy (non-hydrogen) atoms. The summed E-state index contributed by atoms with van der Waals surface area (Å²) in [6.45, 7) is 10.3. The average molecular weight is 455 g/mol. The second-order valence-corrected chi connectivity index (χ2v) is 8.59. The molecule has 0 unspecified atom stereocenters. The highest BCUT2D eigenvalue weighted by Crippen LogP contribution is 2.26. The maximum atomic E-state index is 13.4. The third kappa shape index (κ3) is 7.52. The molecule has 6 nitrogen and oxygen atoms in total. The van der Waals surface area contributed by atoms with Gasteiger partial charge in [0.2, 0.25) is 5.91 Å². The van der Waals surface area contributed by atoms with E-state index in [4.69, 9.17) is 9.47 Å². The van der Waals surface area contributed by atoms with Crippen LogP contribution >= 0.6 is 0 Å². The maximum Gasteiger partial charge on any atom is 0.261 e. The van der Waals surface area contributed by atoms with Crippen molar-refractivity contribution in [1.29, 1.82) is 0 Å². The van der Waals surface area contributed by atoms with Crippen LogP contribution < -0.4 is 14.8 Å². The van der Waals surface area contributed by atoms with E-state index in [2.05, 4.69) is 19.2 Å². The summed E-state index contributed by atoms with van der Waals surface area (Å²) in [6.07, 6.45) is 1.33. The Hall–Kier alpha value is -3.02. The molecule has 0 spiro atoms. The van der Waals surface area contributed by atoms with Gasteiger partial charge in [0.05, 0.1) is 7.11 Å². The Morgan fingerprint density at radius 1 is 0.970 bits per heavy atom. The molecule has 2 amide bonds. The van der Waals surface area contributed by atoms with Crippen molar-refractivity contribution in [3.8, 4) is 11.5 Å². The van der Waals surface area contributed by atoms with Crippen molar-refractivity contribution in [1.82, 2.24) is 10.2 Å². The van der Waals surface area contributed by atoms with E-state index in [0.29, 0.717) is 18.7 Å². The van der Waals surface area contributed by atoms with Crippen LogP contribution in [0, 0.1) is 0 Å². The average Bonchev–Trinajstić information content (AvgIpc) is 2.82. The zero-order valence-electron chi connectivity index (χ0n) is 20.8. The lowest BCUT2D eigenvalue weighted by Crippen LogP contribution is -2.51. The number of ether oxygens (including phenoxy) is 2. The maximum absolute atomic E-state index is 13.4. The topological polar surface area (TPSA) is 67.9 Å². The molecule has 180 valence electrons. The number of carbonyl (C=O) groups is 2. The molecule has 2 aromatic carbocycles. The minimum Gasteiger partial charge on any atom is -0.497 e. The highest BCUT2D eigenvalue weighted by atomic mass is 16.5. The highest BCUT2D eigenvalue weighted by molar-refractivity contribution is 5.88. The Labute approximate surface area is 198 Å². The predicted octanol–water partition coefficient (Wildman–Crippen LogP) is 4.92. The largest absolute Gasteiger partial charge is 0.497 e. The van der Waals surface area contributed by atoms with Crippen molar-refractivity contribution in [2.45, 2.75) is 72.0 Å². The Kier molecular flexibility index (Phi) is 10.2. The molecule has 0 aliphatic carbocycles. The first-order chi connectivity index (χ1) is 15.8. The molecule has 0 heterocycles. The molecule has 0 bridgehead atoms. The van der Waals surface area contributed by atoms with Crippen LogP contribution in [0.25, 0.3) is 0 Å². The fourth-order valence-electron chi connectivity index (χ4n) is 3.60. The van der Waals surface area contributed by atoms with E-state index in [1.165, 1.54) is 0 Å². The van der Waals surface area contributed by atoms with E-state index in [9.17, 15) is 9.59 Å². The molecular formula is C27H38N2O4. The van der Waals surface area contributed by atoms with Crippen molar-refractivity contribution in [3.63, 3.8) is 0 Å². The van der Waals surface area contributed by atoms with Gasteiger partial charge in [-0.2, -0.15) is 0 Å². The van der Waals surface area contributed by atoms with Gasteiger partial charge >= 0.3 is 0 Å². The summed E-state index contributed by atoms with van der Waals surface area (Å²) in [5.74, 6) is 1.34. The number of hydrogen-bond acceptors (Lipinski definition) is 4. The van der Waals surface area contributed by atoms with Crippen molar-refractivity contribution >= 4 is 11.8 Å². The highest BCUT2D eigenvalue weighted by Gasteiger charge is 2.29. The minimum atomic E-state index is -0.586. The monoisotopic (exact) mass is 454 g/mol. The SMILES string of the molecule is CC[C@@H](C)NC(=O)[C@@H](CC)N(Cc1ccc(OC)cc1)C(=O)COc1ccccc1C(C)C. The summed E-state index contributed by atoms with van der Waals surface area (Å²) in [6, 6.07) is 14.7. The Balaban J connectivity index is 2.25. The van der Waals surface area contributed by atoms with Crippen molar-refractivity contribution in [3.05, 3.63) is 59.7 Å². The zero-order chi connectivity index (χ0) is 24.4. The normalized spacial score (nSPS) is 12.7. The number of nitrogens with one attached hydrogen (secondary N) is 1. The van der Waals surface area contributed by atoms with E-state index >= 15 is 0 Å². The summed E-state index contributed by atoms with van der Waals surface area (Å²) >= 11 is 0. The van der Waals surface area contributed by atoms with E-state index in [-0.39, 0.29) is 30.4 Å². The lowest BCUT2D eigenvalue weighted by Gasteiger charge is -2.31. The molecular weight excluding hydrogens is 416 g/mol. The summed E-state index contributed by atoms with van der Waals surface area (Å²) in [4.78, 5) is 28.0.